The third-order valence-electron chi connectivity index (χ3n) is 9.33. The predicted molar refractivity (Wildman–Crippen MR) is 265 cm³/mol. The van der Waals surface area contributed by atoms with Crippen LogP contribution in [0.5, 0.6) is 0 Å². The molecule has 0 saturated heterocycles. The van der Waals surface area contributed by atoms with E-state index < -0.39 is 6.10 Å². The Balaban J connectivity index is 4.59. The van der Waals surface area contributed by atoms with Gasteiger partial charge in [0.15, 0.2) is 6.10 Å². The minimum atomic E-state index is -0.823. The Kier molecular flexibility index (Phi) is 45.2. The number of hydrogen-bond donors (Lipinski definition) is 0. The van der Waals surface area contributed by atoms with Gasteiger partial charge in [0, 0.05) is 19.3 Å². The molecule has 0 saturated carbocycles. The van der Waals surface area contributed by atoms with Crippen molar-refractivity contribution in [3.05, 3.63) is 146 Å². The van der Waals surface area contributed by atoms with E-state index in [2.05, 4.69) is 69.4 Å². The van der Waals surface area contributed by atoms with Gasteiger partial charge >= 0.3 is 17.9 Å². The van der Waals surface area contributed by atoms with Gasteiger partial charge in [-0.25, -0.2) is 0 Å². The average Bonchev–Trinajstić information content (AvgIpc) is 3.27. The van der Waals surface area contributed by atoms with E-state index in [4.69, 9.17) is 14.2 Å². The van der Waals surface area contributed by atoms with E-state index in [1.807, 2.05) is 97.2 Å². The van der Waals surface area contributed by atoms with Crippen LogP contribution in [0, 0.1) is 0 Å². The number of unbranched alkanes of at least 4 members (excludes halogenated alkanes) is 13. The molecule has 0 aliphatic heterocycles. The molecule has 0 aromatic rings. The molecule has 0 N–H and O–H groups in total. The fraction of sp³-hybridized carbons (Fsp3) is 0.518. The Bertz CT molecular complexity index is 1440. The van der Waals surface area contributed by atoms with Crippen LogP contribution in [-0.4, -0.2) is 37.2 Å². The van der Waals surface area contributed by atoms with Crippen LogP contribution in [0.1, 0.15) is 168 Å². The summed E-state index contributed by atoms with van der Waals surface area (Å²) in [5.74, 6) is -1.03. The normalized spacial score (nSPS) is 13.4. The maximum atomic E-state index is 12.8. The molecule has 0 fully saturated rings. The van der Waals surface area contributed by atoms with Gasteiger partial charge < -0.3 is 14.2 Å². The van der Waals surface area contributed by atoms with Crippen LogP contribution in [0.15, 0.2) is 146 Å². The van der Waals surface area contributed by atoms with Gasteiger partial charge in [0.1, 0.15) is 13.2 Å². The molecule has 6 nitrogen and oxygen atoms in total. The van der Waals surface area contributed by atoms with Gasteiger partial charge in [-0.2, -0.15) is 0 Å². The summed E-state index contributed by atoms with van der Waals surface area (Å²) in [5, 5.41) is 0. The van der Waals surface area contributed by atoms with Crippen LogP contribution < -0.4 is 0 Å². The minimum absolute atomic E-state index is 0.123. The first-order valence-electron chi connectivity index (χ1n) is 24.0. The standard InChI is InChI=1S/C56H84O6/c1-4-7-10-13-16-19-22-25-27-28-29-32-34-37-40-43-46-49-55(58)61-52-53(51-60-54(57)48-45-42-39-36-33-30-24-21-18-15-12-9-6-3)62-56(59)50-47-44-41-38-35-31-26-23-20-17-14-11-8-5-2/h7-13,15-22,24-25,27-30,32-34,53H,4-6,14,23,26,31,35-52H2,1-3H3/b10-7-,11-8-,12-9-,16-13-,18-15-,20-17-,22-19-,24-21-,27-25-,29-28+,33-30-,34-32-. The Hall–Kier alpha value is -4.71. The molecule has 0 heterocycles. The topological polar surface area (TPSA) is 78.9 Å². The lowest BCUT2D eigenvalue weighted by Crippen LogP contribution is -2.30. The van der Waals surface area contributed by atoms with E-state index in [0.29, 0.717) is 25.7 Å². The molecule has 0 rings (SSSR count). The number of carbonyl (C=O) groups excluding carboxylic acids is 3. The first-order chi connectivity index (χ1) is 30.5. The van der Waals surface area contributed by atoms with Crippen LogP contribution in [0.4, 0.5) is 0 Å². The van der Waals surface area contributed by atoms with Gasteiger partial charge in [-0.15, -0.1) is 0 Å². The number of carbonyl (C=O) groups is 3. The second-order valence-electron chi connectivity index (χ2n) is 15.1. The highest BCUT2D eigenvalue weighted by atomic mass is 16.6. The molecule has 0 aromatic heterocycles. The smallest absolute Gasteiger partial charge is 0.306 e. The van der Waals surface area contributed by atoms with E-state index >= 15 is 0 Å². The molecule has 344 valence electrons. The SMILES string of the molecule is CC\C=C/C=C\C=C/C=C\C=C\C=C/CCCCCC(=O)OCC(COC(=O)CCCCC\C=C/C=C\C=C/C=C\CC)OC(=O)CCCCCCCCC/C=C\C/C=C\CC. The van der Waals surface area contributed by atoms with Gasteiger partial charge in [-0.05, 0) is 83.5 Å². The van der Waals surface area contributed by atoms with Crippen LogP contribution in [0.3, 0.4) is 0 Å². The predicted octanol–water partition coefficient (Wildman–Crippen LogP) is 15.7. The molecule has 0 aliphatic carbocycles. The van der Waals surface area contributed by atoms with E-state index in [1.165, 1.54) is 19.3 Å². The maximum absolute atomic E-state index is 12.8. The highest BCUT2D eigenvalue weighted by molar-refractivity contribution is 5.71. The fourth-order valence-electron chi connectivity index (χ4n) is 5.81. The largest absolute Gasteiger partial charge is 0.462 e. The lowest BCUT2D eigenvalue weighted by molar-refractivity contribution is -0.167. The van der Waals surface area contributed by atoms with E-state index in [0.717, 1.165) is 103 Å². The number of hydrogen-bond acceptors (Lipinski definition) is 6. The number of allylic oxidation sites excluding steroid dienone is 24. The second kappa shape index (κ2) is 49.0. The van der Waals surface area contributed by atoms with Crippen molar-refractivity contribution >= 4 is 17.9 Å². The van der Waals surface area contributed by atoms with Gasteiger partial charge in [-0.3, -0.25) is 14.4 Å². The molecule has 1 atom stereocenters. The number of ether oxygens (including phenoxy) is 3. The average molecular weight is 853 g/mol. The summed E-state index contributed by atoms with van der Waals surface area (Å²) < 4.78 is 16.7. The molecular weight excluding hydrogens is 769 g/mol. The van der Waals surface area contributed by atoms with Crippen molar-refractivity contribution in [1.29, 1.82) is 0 Å². The monoisotopic (exact) mass is 853 g/mol. The zero-order valence-electron chi connectivity index (χ0n) is 39.1. The highest BCUT2D eigenvalue weighted by Crippen LogP contribution is 2.13. The Morgan fingerprint density at radius 1 is 0.339 bits per heavy atom. The van der Waals surface area contributed by atoms with Crippen molar-refractivity contribution in [2.45, 2.75) is 175 Å². The molecule has 62 heavy (non-hydrogen) atoms. The zero-order valence-corrected chi connectivity index (χ0v) is 39.1. The van der Waals surface area contributed by atoms with Gasteiger partial charge in [-0.1, -0.05) is 212 Å². The highest BCUT2D eigenvalue weighted by Gasteiger charge is 2.19. The van der Waals surface area contributed by atoms with Crippen molar-refractivity contribution < 1.29 is 28.6 Å². The molecular formula is C56H84O6. The van der Waals surface area contributed by atoms with Crippen LogP contribution >= 0.6 is 0 Å². The third kappa shape index (κ3) is 46.4. The first-order valence-corrected chi connectivity index (χ1v) is 24.0. The van der Waals surface area contributed by atoms with E-state index in [-0.39, 0.29) is 31.1 Å². The van der Waals surface area contributed by atoms with E-state index in [1.54, 1.807) is 0 Å². The summed E-state index contributed by atoms with van der Waals surface area (Å²) in [4.78, 5) is 37.9. The molecule has 1 unspecified atom stereocenters. The first kappa shape index (κ1) is 57.3. The Morgan fingerprint density at radius 3 is 1.10 bits per heavy atom. The minimum Gasteiger partial charge on any atom is -0.462 e. The van der Waals surface area contributed by atoms with Crippen LogP contribution in [0.25, 0.3) is 0 Å². The quantitative estimate of drug-likeness (QED) is 0.0201. The van der Waals surface area contributed by atoms with Crippen molar-refractivity contribution in [3.8, 4) is 0 Å². The molecule has 0 radical (unpaired) electrons. The molecule has 0 aliphatic rings. The summed E-state index contributed by atoms with van der Waals surface area (Å²) in [6.07, 6.45) is 69.7. The van der Waals surface area contributed by atoms with Crippen molar-refractivity contribution in [2.75, 3.05) is 13.2 Å². The fourth-order valence-corrected chi connectivity index (χ4v) is 5.81. The number of rotatable bonds is 40. The Labute approximate surface area is 378 Å². The van der Waals surface area contributed by atoms with Gasteiger partial charge in [0.2, 0.25) is 0 Å². The second-order valence-corrected chi connectivity index (χ2v) is 15.1. The van der Waals surface area contributed by atoms with Crippen molar-refractivity contribution in [3.63, 3.8) is 0 Å². The summed E-state index contributed by atoms with van der Waals surface area (Å²) >= 11 is 0. The maximum Gasteiger partial charge on any atom is 0.306 e. The number of esters is 3. The zero-order chi connectivity index (χ0) is 45.1. The molecule has 0 bridgehead atoms. The molecule has 6 heteroatoms. The summed E-state index contributed by atoms with van der Waals surface area (Å²) in [5.41, 5.74) is 0. The molecule has 0 spiro atoms. The molecule has 0 aromatic carbocycles. The van der Waals surface area contributed by atoms with Crippen molar-refractivity contribution in [1.82, 2.24) is 0 Å². The van der Waals surface area contributed by atoms with E-state index in [9.17, 15) is 14.4 Å². The van der Waals surface area contributed by atoms with Gasteiger partial charge in [0.05, 0.1) is 0 Å². The Morgan fingerprint density at radius 2 is 0.661 bits per heavy atom. The summed E-state index contributed by atoms with van der Waals surface area (Å²) in [6.45, 7) is 6.13. The summed E-state index contributed by atoms with van der Waals surface area (Å²) in [6, 6.07) is 0. The lowest BCUT2D eigenvalue weighted by atomic mass is 10.1. The third-order valence-corrected chi connectivity index (χ3v) is 9.33. The molecule has 0 amide bonds. The van der Waals surface area contributed by atoms with Crippen LogP contribution in [0.2, 0.25) is 0 Å². The lowest BCUT2D eigenvalue weighted by Gasteiger charge is -2.18. The van der Waals surface area contributed by atoms with Gasteiger partial charge in [0.25, 0.3) is 0 Å². The van der Waals surface area contributed by atoms with Crippen LogP contribution in [-0.2, 0) is 28.6 Å². The summed E-state index contributed by atoms with van der Waals surface area (Å²) in [7, 11) is 0. The van der Waals surface area contributed by atoms with Crippen molar-refractivity contribution in [2.24, 2.45) is 0 Å².